The molecule has 17 heavy (non-hydrogen) atoms. The van der Waals surface area contributed by atoms with Gasteiger partial charge in [0.05, 0.1) is 11.4 Å². The average Bonchev–Trinajstić information content (AvgIpc) is 2.43. The number of aryl methyl sites for hydroxylation is 2. The maximum absolute atomic E-state index is 12.2. The molecule has 0 aromatic carbocycles. The Bertz CT molecular complexity index is 457. The first-order chi connectivity index (χ1) is 7.74. The van der Waals surface area contributed by atoms with Crippen LogP contribution in [-0.2, 0) is 10.0 Å². The van der Waals surface area contributed by atoms with Crippen molar-refractivity contribution in [3.8, 4) is 0 Å². The quantitative estimate of drug-likeness (QED) is 0.845. The first-order valence-corrected chi connectivity index (χ1v) is 7.26. The summed E-state index contributed by atoms with van der Waals surface area (Å²) >= 11 is 0. The second kappa shape index (κ2) is 5.18. The summed E-state index contributed by atoms with van der Waals surface area (Å²) in [4.78, 5) is 0.271. The number of hydrogen-bond donors (Lipinski definition) is 2. The van der Waals surface area contributed by atoms with Crippen molar-refractivity contribution in [2.45, 2.75) is 52.0 Å². The van der Waals surface area contributed by atoms with E-state index in [-0.39, 0.29) is 10.9 Å². The van der Waals surface area contributed by atoms with E-state index >= 15 is 0 Å². The van der Waals surface area contributed by atoms with Crippen LogP contribution < -0.4 is 4.72 Å². The molecule has 1 unspecified atom stereocenters. The number of nitrogens with one attached hydrogen (secondary N) is 2. The average molecular weight is 259 g/mol. The summed E-state index contributed by atoms with van der Waals surface area (Å²) in [6.07, 6.45) is 0.815. The van der Waals surface area contributed by atoms with Gasteiger partial charge in [-0.2, -0.15) is 5.10 Å². The van der Waals surface area contributed by atoms with Crippen molar-refractivity contribution < 1.29 is 8.42 Å². The van der Waals surface area contributed by atoms with Crippen LogP contribution in [0.3, 0.4) is 0 Å². The van der Waals surface area contributed by atoms with Gasteiger partial charge >= 0.3 is 0 Å². The van der Waals surface area contributed by atoms with Crippen LogP contribution in [0.1, 0.15) is 38.6 Å². The SMILES string of the molecule is Cc1n[nH]c(C)c1S(=O)(=O)NC(C)CC(C)C. The molecule has 1 atom stereocenters. The summed E-state index contributed by atoms with van der Waals surface area (Å²) in [7, 11) is -3.47. The Hall–Kier alpha value is -0.880. The molecule has 0 radical (unpaired) electrons. The van der Waals surface area contributed by atoms with Gasteiger partial charge in [-0.05, 0) is 33.1 Å². The van der Waals surface area contributed by atoms with Crippen LogP contribution in [0.4, 0.5) is 0 Å². The molecule has 0 spiro atoms. The van der Waals surface area contributed by atoms with Crippen molar-refractivity contribution in [1.82, 2.24) is 14.9 Å². The number of nitrogens with zero attached hydrogens (tertiary/aromatic N) is 1. The van der Waals surface area contributed by atoms with E-state index in [1.807, 2.05) is 6.92 Å². The minimum absolute atomic E-state index is 0.0753. The van der Waals surface area contributed by atoms with Crippen molar-refractivity contribution in [2.75, 3.05) is 0 Å². The molecule has 0 amide bonds. The van der Waals surface area contributed by atoms with Gasteiger partial charge in [-0.15, -0.1) is 0 Å². The number of H-pyrrole nitrogens is 1. The molecular formula is C11H21N3O2S. The zero-order valence-electron chi connectivity index (χ0n) is 11.0. The third-order valence-corrected chi connectivity index (χ3v) is 4.36. The Kier molecular flexibility index (Phi) is 4.32. The van der Waals surface area contributed by atoms with Crippen LogP contribution in [0.15, 0.2) is 4.90 Å². The van der Waals surface area contributed by atoms with E-state index in [1.165, 1.54) is 0 Å². The molecule has 1 aromatic heterocycles. The predicted molar refractivity (Wildman–Crippen MR) is 67.3 cm³/mol. The molecule has 5 nitrogen and oxygen atoms in total. The fraction of sp³-hybridized carbons (Fsp3) is 0.727. The highest BCUT2D eigenvalue weighted by Crippen LogP contribution is 2.17. The molecule has 1 rings (SSSR count). The molecule has 1 heterocycles. The number of hydrogen-bond acceptors (Lipinski definition) is 3. The lowest BCUT2D eigenvalue weighted by Crippen LogP contribution is -2.34. The van der Waals surface area contributed by atoms with E-state index < -0.39 is 10.0 Å². The summed E-state index contributed by atoms with van der Waals surface area (Å²) < 4.78 is 27.0. The van der Waals surface area contributed by atoms with Crippen molar-refractivity contribution >= 4 is 10.0 Å². The molecule has 0 fully saturated rings. The van der Waals surface area contributed by atoms with Crippen molar-refractivity contribution in [3.05, 3.63) is 11.4 Å². The monoisotopic (exact) mass is 259 g/mol. The van der Waals surface area contributed by atoms with Gasteiger partial charge in [0.1, 0.15) is 4.90 Å². The first kappa shape index (κ1) is 14.2. The zero-order valence-corrected chi connectivity index (χ0v) is 11.9. The number of rotatable bonds is 5. The molecular weight excluding hydrogens is 238 g/mol. The molecule has 0 saturated carbocycles. The maximum atomic E-state index is 12.2. The molecule has 0 saturated heterocycles. The van der Waals surface area contributed by atoms with Crippen LogP contribution in [0.5, 0.6) is 0 Å². The van der Waals surface area contributed by atoms with Crippen LogP contribution in [0.25, 0.3) is 0 Å². The Balaban J connectivity index is 2.90. The zero-order chi connectivity index (χ0) is 13.2. The molecule has 0 aliphatic rings. The largest absolute Gasteiger partial charge is 0.281 e. The van der Waals surface area contributed by atoms with Crippen LogP contribution in [0.2, 0.25) is 0 Å². The van der Waals surface area contributed by atoms with Gasteiger partial charge in [-0.3, -0.25) is 5.10 Å². The van der Waals surface area contributed by atoms with E-state index in [0.29, 0.717) is 17.3 Å². The van der Waals surface area contributed by atoms with Crippen LogP contribution in [0, 0.1) is 19.8 Å². The smallest absolute Gasteiger partial charge is 0.244 e. The Morgan fingerprint density at radius 3 is 2.29 bits per heavy atom. The summed E-state index contributed by atoms with van der Waals surface area (Å²) in [6.45, 7) is 9.41. The molecule has 1 aromatic rings. The lowest BCUT2D eigenvalue weighted by Gasteiger charge is -2.16. The normalized spacial score (nSPS) is 14.2. The van der Waals surface area contributed by atoms with Gasteiger partial charge in [0.2, 0.25) is 10.0 Å². The molecule has 98 valence electrons. The number of aromatic amines is 1. The molecule has 0 aliphatic carbocycles. The van der Waals surface area contributed by atoms with E-state index in [1.54, 1.807) is 13.8 Å². The second-order valence-electron chi connectivity index (χ2n) is 4.92. The highest BCUT2D eigenvalue weighted by Gasteiger charge is 2.24. The fourth-order valence-electron chi connectivity index (χ4n) is 2.02. The summed E-state index contributed by atoms with van der Waals surface area (Å²) in [5.41, 5.74) is 1.08. The van der Waals surface area contributed by atoms with E-state index in [0.717, 1.165) is 6.42 Å². The first-order valence-electron chi connectivity index (χ1n) is 5.78. The topological polar surface area (TPSA) is 74.8 Å². The van der Waals surface area contributed by atoms with Crippen molar-refractivity contribution in [2.24, 2.45) is 5.92 Å². The molecule has 2 N–H and O–H groups in total. The Labute approximate surface area is 103 Å². The van der Waals surface area contributed by atoms with Crippen LogP contribution >= 0.6 is 0 Å². The highest BCUT2D eigenvalue weighted by molar-refractivity contribution is 7.89. The highest BCUT2D eigenvalue weighted by atomic mass is 32.2. The Morgan fingerprint density at radius 2 is 1.88 bits per heavy atom. The lowest BCUT2D eigenvalue weighted by molar-refractivity contribution is 0.482. The summed E-state index contributed by atoms with van der Waals surface area (Å²) in [6, 6.07) is -0.0753. The summed E-state index contributed by atoms with van der Waals surface area (Å²) in [5.74, 6) is 0.458. The minimum Gasteiger partial charge on any atom is -0.281 e. The molecule has 0 bridgehead atoms. The number of aromatic nitrogens is 2. The van der Waals surface area contributed by atoms with Gasteiger partial charge in [0.15, 0.2) is 0 Å². The third kappa shape index (κ3) is 3.54. The van der Waals surface area contributed by atoms with Crippen LogP contribution in [-0.4, -0.2) is 24.7 Å². The van der Waals surface area contributed by atoms with Gasteiger partial charge in [-0.1, -0.05) is 13.8 Å². The Morgan fingerprint density at radius 1 is 1.29 bits per heavy atom. The number of sulfonamides is 1. The van der Waals surface area contributed by atoms with Crippen molar-refractivity contribution in [3.63, 3.8) is 0 Å². The maximum Gasteiger partial charge on any atom is 0.244 e. The predicted octanol–water partition coefficient (Wildman–Crippen LogP) is 1.74. The van der Waals surface area contributed by atoms with Gasteiger partial charge in [0, 0.05) is 6.04 Å². The standard InChI is InChI=1S/C11H21N3O2S/c1-7(2)6-8(3)14-17(15,16)11-9(4)12-13-10(11)5/h7-8,14H,6H2,1-5H3,(H,12,13). The summed E-state index contributed by atoms with van der Waals surface area (Å²) in [5, 5.41) is 6.59. The van der Waals surface area contributed by atoms with E-state index in [2.05, 4.69) is 28.8 Å². The molecule has 6 heteroatoms. The van der Waals surface area contributed by atoms with Gasteiger partial charge in [0.25, 0.3) is 0 Å². The molecule has 0 aliphatic heterocycles. The minimum atomic E-state index is -3.47. The van der Waals surface area contributed by atoms with E-state index in [4.69, 9.17) is 0 Å². The van der Waals surface area contributed by atoms with E-state index in [9.17, 15) is 8.42 Å². The van der Waals surface area contributed by atoms with Crippen molar-refractivity contribution in [1.29, 1.82) is 0 Å². The lowest BCUT2D eigenvalue weighted by atomic mass is 10.1. The van der Waals surface area contributed by atoms with Gasteiger partial charge < -0.3 is 0 Å². The fourth-order valence-corrected chi connectivity index (χ4v) is 3.64. The third-order valence-electron chi connectivity index (χ3n) is 2.51. The van der Waals surface area contributed by atoms with Gasteiger partial charge in [-0.25, -0.2) is 13.1 Å². The second-order valence-corrected chi connectivity index (χ2v) is 6.57.